The fourth-order valence-electron chi connectivity index (χ4n) is 3.21. The normalized spacial score (nSPS) is 19.4. The molecule has 0 unspecified atom stereocenters. The standard InChI is InChI=1S/C16H21N7O7S/c1-29-16(25)17-12-3-2-8-23(14(12)15(24)20-26)31(27,28)11-6-4-10(5-7-11)30-9-13-18-21-22-19-13/h4-7,12,14,26H,2-3,8-9H2,1H3,(H,17,25)(H,20,24)(H,18,19,21,22)/t12-,14+/m0/s1. The molecular formula is C16H21N7O7S. The van der Waals surface area contributed by atoms with Gasteiger partial charge in [0.05, 0.1) is 18.0 Å². The molecule has 31 heavy (non-hydrogen) atoms. The SMILES string of the molecule is COC(=O)N[C@H]1CCCN(S(=O)(=O)c2ccc(OCc3nn[nH]n3)cc2)[C@H]1C(=O)NO. The van der Waals surface area contributed by atoms with Crippen molar-refractivity contribution >= 4 is 22.0 Å². The highest BCUT2D eigenvalue weighted by Gasteiger charge is 2.44. The van der Waals surface area contributed by atoms with Crippen molar-refractivity contribution in [2.45, 2.75) is 36.4 Å². The Morgan fingerprint density at radius 1 is 1.32 bits per heavy atom. The maximum Gasteiger partial charge on any atom is 0.407 e. The molecule has 0 spiro atoms. The Hall–Kier alpha value is -3.30. The summed E-state index contributed by atoms with van der Waals surface area (Å²) < 4.78 is 37.4. The number of aromatic nitrogens is 4. The minimum absolute atomic E-state index is 0.0237. The average molecular weight is 455 g/mol. The van der Waals surface area contributed by atoms with Crippen LogP contribution in [0.25, 0.3) is 0 Å². The largest absolute Gasteiger partial charge is 0.485 e. The monoisotopic (exact) mass is 455 g/mol. The zero-order chi connectivity index (χ0) is 22.4. The third-order valence-electron chi connectivity index (χ3n) is 4.64. The summed E-state index contributed by atoms with van der Waals surface area (Å²) in [6.45, 7) is 0.0597. The fourth-order valence-corrected chi connectivity index (χ4v) is 4.87. The zero-order valence-electron chi connectivity index (χ0n) is 16.4. The summed E-state index contributed by atoms with van der Waals surface area (Å²) in [6, 6.07) is 3.29. The van der Waals surface area contributed by atoms with E-state index in [9.17, 15) is 18.0 Å². The zero-order valence-corrected chi connectivity index (χ0v) is 17.2. The van der Waals surface area contributed by atoms with Crippen LogP contribution in [0.1, 0.15) is 18.7 Å². The van der Waals surface area contributed by atoms with Crippen LogP contribution in [0.15, 0.2) is 29.2 Å². The molecule has 2 heterocycles. The van der Waals surface area contributed by atoms with Gasteiger partial charge in [-0.1, -0.05) is 5.21 Å². The van der Waals surface area contributed by atoms with Gasteiger partial charge >= 0.3 is 6.09 Å². The third-order valence-corrected chi connectivity index (χ3v) is 6.53. The molecule has 1 aliphatic heterocycles. The first kappa shape index (κ1) is 22.4. The smallest absolute Gasteiger partial charge is 0.407 e. The number of amides is 2. The van der Waals surface area contributed by atoms with Crippen molar-refractivity contribution in [3.05, 3.63) is 30.1 Å². The van der Waals surface area contributed by atoms with Crippen molar-refractivity contribution in [1.29, 1.82) is 0 Å². The summed E-state index contributed by atoms with van der Waals surface area (Å²) in [6.07, 6.45) is -0.111. The predicted molar refractivity (Wildman–Crippen MR) is 101 cm³/mol. The second-order valence-corrected chi connectivity index (χ2v) is 8.40. The summed E-state index contributed by atoms with van der Waals surface area (Å²) in [7, 11) is -2.99. The Morgan fingerprint density at radius 3 is 2.68 bits per heavy atom. The van der Waals surface area contributed by atoms with Crippen LogP contribution >= 0.6 is 0 Å². The Balaban J connectivity index is 1.80. The molecule has 2 amide bonds. The lowest BCUT2D eigenvalue weighted by Gasteiger charge is -2.38. The number of piperidine rings is 1. The van der Waals surface area contributed by atoms with Crippen LogP contribution in [0.3, 0.4) is 0 Å². The first-order valence-corrected chi connectivity index (χ1v) is 10.6. The Morgan fingerprint density at radius 2 is 2.06 bits per heavy atom. The van der Waals surface area contributed by atoms with Gasteiger partial charge in [0.15, 0.2) is 6.61 Å². The van der Waals surface area contributed by atoms with Crippen molar-refractivity contribution < 1.29 is 32.7 Å². The molecule has 0 aliphatic carbocycles. The van der Waals surface area contributed by atoms with E-state index >= 15 is 0 Å². The second-order valence-electron chi connectivity index (χ2n) is 6.51. The van der Waals surface area contributed by atoms with Gasteiger partial charge in [-0.15, -0.1) is 10.2 Å². The van der Waals surface area contributed by atoms with Gasteiger partial charge in [-0.05, 0) is 37.1 Å². The number of nitrogens with one attached hydrogen (secondary N) is 3. The van der Waals surface area contributed by atoms with Crippen LogP contribution < -0.4 is 15.5 Å². The highest BCUT2D eigenvalue weighted by Crippen LogP contribution is 2.27. The molecule has 14 nitrogen and oxygen atoms in total. The maximum absolute atomic E-state index is 13.2. The van der Waals surface area contributed by atoms with Crippen LogP contribution in [-0.4, -0.2) is 76.3 Å². The molecule has 168 valence electrons. The minimum Gasteiger partial charge on any atom is -0.485 e. The Labute approximate surface area is 176 Å². The number of ether oxygens (including phenoxy) is 2. The lowest BCUT2D eigenvalue weighted by Crippen LogP contribution is -2.62. The number of benzene rings is 1. The number of methoxy groups -OCH3 is 1. The van der Waals surface area contributed by atoms with E-state index in [1.165, 1.54) is 29.7 Å². The van der Waals surface area contributed by atoms with E-state index in [4.69, 9.17) is 9.94 Å². The quantitative estimate of drug-likeness (QED) is 0.303. The van der Waals surface area contributed by atoms with Crippen LogP contribution in [0.4, 0.5) is 4.79 Å². The minimum atomic E-state index is -4.14. The lowest BCUT2D eigenvalue weighted by molar-refractivity contribution is -0.134. The summed E-state index contributed by atoms with van der Waals surface area (Å²) >= 11 is 0. The summed E-state index contributed by atoms with van der Waals surface area (Å²) in [5.74, 6) is -0.269. The molecule has 0 radical (unpaired) electrons. The number of H-pyrrole nitrogens is 1. The van der Waals surface area contributed by atoms with Gasteiger partial charge in [-0.2, -0.15) is 9.52 Å². The van der Waals surface area contributed by atoms with Gasteiger partial charge in [0, 0.05) is 6.54 Å². The number of aromatic amines is 1. The van der Waals surface area contributed by atoms with E-state index in [-0.39, 0.29) is 18.0 Å². The Kier molecular flexibility index (Phi) is 6.98. The molecule has 3 rings (SSSR count). The number of tetrazole rings is 1. The van der Waals surface area contributed by atoms with Gasteiger partial charge in [-0.25, -0.2) is 18.7 Å². The summed E-state index contributed by atoms with van der Waals surface area (Å²) in [4.78, 5) is 23.8. The van der Waals surface area contributed by atoms with Gasteiger partial charge in [0.2, 0.25) is 15.8 Å². The molecule has 1 aromatic carbocycles. The van der Waals surface area contributed by atoms with E-state index in [0.29, 0.717) is 24.4 Å². The molecule has 1 aliphatic rings. The summed E-state index contributed by atoms with van der Waals surface area (Å²) in [5.41, 5.74) is 1.47. The topological polar surface area (TPSA) is 189 Å². The van der Waals surface area contributed by atoms with Crippen LogP contribution in [0, 0.1) is 0 Å². The summed E-state index contributed by atoms with van der Waals surface area (Å²) in [5, 5.41) is 24.8. The number of carbonyl (C=O) groups is 2. The van der Waals surface area contributed by atoms with Crippen molar-refractivity contribution in [2.24, 2.45) is 0 Å². The molecule has 15 heteroatoms. The molecule has 1 saturated heterocycles. The van der Waals surface area contributed by atoms with E-state index in [1.807, 2.05) is 0 Å². The molecule has 1 fully saturated rings. The van der Waals surface area contributed by atoms with E-state index in [0.717, 1.165) is 11.4 Å². The Bertz CT molecular complexity index is 998. The number of carbonyl (C=O) groups excluding carboxylic acids is 2. The molecular weight excluding hydrogens is 434 g/mol. The first-order chi connectivity index (χ1) is 14.9. The molecule has 2 atom stereocenters. The lowest BCUT2D eigenvalue weighted by atomic mass is 9.98. The predicted octanol–water partition coefficient (Wildman–Crippen LogP) is -0.838. The molecule has 0 bridgehead atoms. The average Bonchev–Trinajstić information content (AvgIpc) is 3.31. The highest BCUT2D eigenvalue weighted by atomic mass is 32.2. The maximum atomic E-state index is 13.2. The van der Waals surface area contributed by atoms with Gasteiger partial charge < -0.3 is 14.8 Å². The van der Waals surface area contributed by atoms with Crippen molar-refractivity contribution in [3.8, 4) is 5.75 Å². The number of nitrogens with zero attached hydrogens (tertiary/aromatic N) is 4. The molecule has 0 saturated carbocycles. The van der Waals surface area contributed by atoms with Crippen LogP contribution in [0.5, 0.6) is 5.75 Å². The first-order valence-electron chi connectivity index (χ1n) is 9.12. The van der Waals surface area contributed by atoms with E-state index in [1.54, 1.807) is 0 Å². The van der Waals surface area contributed by atoms with Crippen molar-refractivity contribution in [3.63, 3.8) is 0 Å². The number of sulfonamides is 1. The number of alkyl carbamates (subject to hydrolysis) is 1. The highest BCUT2D eigenvalue weighted by molar-refractivity contribution is 7.89. The number of hydroxylamine groups is 1. The van der Waals surface area contributed by atoms with Gasteiger partial charge in [0.25, 0.3) is 5.91 Å². The number of hydrogen-bond donors (Lipinski definition) is 4. The second kappa shape index (κ2) is 9.67. The van der Waals surface area contributed by atoms with Crippen molar-refractivity contribution in [1.82, 2.24) is 35.7 Å². The van der Waals surface area contributed by atoms with Gasteiger partial charge in [-0.3, -0.25) is 10.0 Å². The van der Waals surface area contributed by atoms with Gasteiger partial charge in [0.1, 0.15) is 11.8 Å². The number of rotatable bonds is 7. The molecule has 4 N–H and O–H groups in total. The van der Waals surface area contributed by atoms with E-state index < -0.39 is 34.1 Å². The van der Waals surface area contributed by atoms with E-state index in [2.05, 4.69) is 30.7 Å². The molecule has 1 aromatic heterocycles. The number of hydrogen-bond acceptors (Lipinski definition) is 10. The third kappa shape index (κ3) is 5.07. The van der Waals surface area contributed by atoms with Crippen LogP contribution in [-0.2, 0) is 26.2 Å². The fraction of sp³-hybridized carbons (Fsp3) is 0.438. The molecule has 2 aromatic rings. The van der Waals surface area contributed by atoms with Crippen LogP contribution in [0.2, 0.25) is 0 Å². The van der Waals surface area contributed by atoms with Crippen molar-refractivity contribution in [2.75, 3.05) is 13.7 Å².